The molecule has 2 aromatic carbocycles. The molecule has 0 amide bonds. The molecule has 0 saturated carbocycles. The highest BCUT2D eigenvalue weighted by atomic mass is 35.5. The molecule has 3 N–H and O–H groups in total. The molecule has 2 unspecified atom stereocenters. The van der Waals surface area contributed by atoms with Crippen LogP contribution in [0.3, 0.4) is 0 Å². The maximum Gasteiger partial charge on any atom is 0.0918 e. The molecule has 0 aliphatic carbocycles. The van der Waals surface area contributed by atoms with Gasteiger partial charge in [-0.1, -0.05) is 72.4 Å². The third-order valence-corrected chi connectivity index (χ3v) is 7.10. The maximum atomic E-state index is 10.9. The van der Waals surface area contributed by atoms with Crippen LogP contribution in [-0.2, 0) is 17.7 Å². The molecule has 0 saturated heterocycles. The lowest BCUT2D eigenvalue weighted by Gasteiger charge is -2.26. The van der Waals surface area contributed by atoms with Crippen molar-refractivity contribution < 1.29 is 9.84 Å². The molecule has 37 heavy (non-hydrogen) atoms. The molecular weight excluding hydrogens is 505 g/mol. The predicted octanol–water partition coefficient (Wildman–Crippen LogP) is 7.10. The normalized spacial score (nSPS) is 13.1. The van der Waals surface area contributed by atoms with Crippen molar-refractivity contribution in [2.24, 2.45) is 0 Å². The first kappa shape index (κ1) is 29.4. The van der Waals surface area contributed by atoms with Gasteiger partial charge in [-0.15, -0.1) is 0 Å². The van der Waals surface area contributed by atoms with Gasteiger partial charge < -0.3 is 15.6 Å². The van der Waals surface area contributed by atoms with Crippen molar-refractivity contribution >= 4 is 28.9 Å². The van der Waals surface area contributed by atoms with Gasteiger partial charge in [-0.2, -0.15) is 0 Å². The SMILES string of the molecule is CC(CCc1ccccn1)OCCCCCCN(Cc1ccccc1)CC(O)c1cc(Cl)c(N)c(Cl)c1. The number of hydrogen-bond acceptors (Lipinski definition) is 5. The molecule has 0 spiro atoms. The molecule has 0 radical (unpaired) electrons. The highest BCUT2D eigenvalue weighted by molar-refractivity contribution is 6.38. The van der Waals surface area contributed by atoms with Crippen LogP contribution in [0.15, 0.2) is 66.9 Å². The van der Waals surface area contributed by atoms with E-state index >= 15 is 0 Å². The average molecular weight is 545 g/mol. The summed E-state index contributed by atoms with van der Waals surface area (Å²) in [6.45, 7) is 5.07. The largest absolute Gasteiger partial charge is 0.396 e. The average Bonchev–Trinajstić information content (AvgIpc) is 2.90. The Morgan fingerprint density at radius 1 is 0.973 bits per heavy atom. The lowest BCUT2D eigenvalue weighted by atomic mass is 10.1. The standard InChI is InChI=1S/C30H39Cl2N3O2/c1-23(14-15-26-13-7-8-16-34-26)37-18-10-3-2-9-17-35(21-24-11-5-4-6-12-24)22-29(36)25-19-27(31)30(33)28(32)20-25/h4-8,11-13,16,19-20,23,29,36H,2-3,9-10,14-15,17-18,21-22,33H2,1H3. The topological polar surface area (TPSA) is 71.6 Å². The van der Waals surface area contributed by atoms with Gasteiger partial charge in [0.1, 0.15) is 0 Å². The third-order valence-electron chi connectivity index (χ3n) is 6.47. The number of pyridine rings is 1. The van der Waals surface area contributed by atoms with E-state index < -0.39 is 6.10 Å². The lowest BCUT2D eigenvalue weighted by molar-refractivity contribution is 0.0573. The summed E-state index contributed by atoms with van der Waals surface area (Å²) in [4.78, 5) is 6.66. The molecule has 3 rings (SSSR count). The summed E-state index contributed by atoms with van der Waals surface area (Å²) in [5.74, 6) is 0. The molecule has 0 aliphatic heterocycles. The van der Waals surface area contributed by atoms with Crippen molar-refractivity contribution in [2.75, 3.05) is 25.4 Å². The van der Waals surface area contributed by atoms with Gasteiger partial charge >= 0.3 is 0 Å². The molecule has 1 heterocycles. The number of aromatic nitrogens is 1. The number of nitrogen functional groups attached to an aromatic ring is 1. The number of anilines is 1. The first-order valence-electron chi connectivity index (χ1n) is 13.1. The predicted molar refractivity (Wildman–Crippen MR) is 154 cm³/mol. The summed E-state index contributed by atoms with van der Waals surface area (Å²) < 4.78 is 6.00. The van der Waals surface area contributed by atoms with Crippen molar-refractivity contribution in [3.05, 3.63) is 93.7 Å². The van der Waals surface area contributed by atoms with E-state index in [1.54, 1.807) is 12.1 Å². The number of aryl methyl sites for hydroxylation is 1. The Labute approximate surface area is 231 Å². The second-order valence-electron chi connectivity index (χ2n) is 9.59. The summed E-state index contributed by atoms with van der Waals surface area (Å²) in [7, 11) is 0. The number of hydrogen-bond donors (Lipinski definition) is 2. The van der Waals surface area contributed by atoms with E-state index in [0.717, 1.165) is 63.9 Å². The molecule has 0 fully saturated rings. The minimum absolute atomic E-state index is 0.236. The molecular formula is C30H39Cl2N3O2. The molecule has 1 aromatic heterocycles. The van der Waals surface area contributed by atoms with Crippen LogP contribution in [-0.4, -0.2) is 40.8 Å². The Morgan fingerprint density at radius 3 is 2.38 bits per heavy atom. The fourth-order valence-electron chi connectivity index (χ4n) is 4.28. The fourth-order valence-corrected chi connectivity index (χ4v) is 4.78. The minimum atomic E-state index is -0.708. The van der Waals surface area contributed by atoms with Gasteiger partial charge in [0.05, 0.1) is 27.9 Å². The van der Waals surface area contributed by atoms with Crippen molar-refractivity contribution in [2.45, 2.75) is 64.2 Å². The van der Waals surface area contributed by atoms with Crippen molar-refractivity contribution in [1.29, 1.82) is 0 Å². The van der Waals surface area contributed by atoms with Gasteiger partial charge in [-0.25, -0.2) is 0 Å². The Hall–Kier alpha value is -2.15. The van der Waals surface area contributed by atoms with E-state index in [1.807, 2.05) is 36.5 Å². The maximum absolute atomic E-state index is 10.9. The summed E-state index contributed by atoms with van der Waals surface area (Å²) in [5.41, 5.74) is 9.21. The van der Waals surface area contributed by atoms with Crippen LogP contribution in [0, 0.1) is 0 Å². The molecule has 0 bridgehead atoms. The lowest BCUT2D eigenvalue weighted by Crippen LogP contribution is -2.29. The zero-order valence-corrected chi connectivity index (χ0v) is 23.2. The van der Waals surface area contributed by atoms with Crippen molar-refractivity contribution in [1.82, 2.24) is 9.88 Å². The second kappa shape index (κ2) is 16.0. The third kappa shape index (κ3) is 10.6. The van der Waals surface area contributed by atoms with Crippen LogP contribution in [0.4, 0.5) is 5.69 Å². The molecule has 200 valence electrons. The second-order valence-corrected chi connectivity index (χ2v) is 10.4. The van der Waals surface area contributed by atoms with Crippen LogP contribution < -0.4 is 5.73 Å². The Kier molecular flexibility index (Phi) is 12.7. The van der Waals surface area contributed by atoms with E-state index in [2.05, 4.69) is 35.0 Å². The van der Waals surface area contributed by atoms with Crippen LogP contribution in [0.5, 0.6) is 0 Å². The number of unbranched alkanes of at least 4 members (excludes halogenated alkanes) is 3. The molecule has 2 atom stereocenters. The van der Waals surface area contributed by atoms with Gasteiger partial charge in [0.15, 0.2) is 0 Å². The fraction of sp³-hybridized carbons (Fsp3) is 0.433. The summed E-state index contributed by atoms with van der Waals surface area (Å²) in [5, 5.41) is 11.7. The molecule has 7 heteroatoms. The van der Waals surface area contributed by atoms with E-state index in [4.69, 9.17) is 33.7 Å². The Balaban J connectivity index is 1.40. The Bertz CT molecular complexity index is 1030. The molecule has 3 aromatic rings. The van der Waals surface area contributed by atoms with Crippen LogP contribution in [0.1, 0.15) is 62.0 Å². The number of benzene rings is 2. The van der Waals surface area contributed by atoms with E-state index in [0.29, 0.717) is 27.8 Å². The summed E-state index contributed by atoms with van der Waals surface area (Å²) >= 11 is 12.4. The Morgan fingerprint density at radius 2 is 1.68 bits per heavy atom. The van der Waals surface area contributed by atoms with Gasteiger partial charge in [0.25, 0.3) is 0 Å². The number of rotatable bonds is 16. The zero-order valence-electron chi connectivity index (χ0n) is 21.7. The zero-order chi connectivity index (χ0) is 26.5. The van der Waals surface area contributed by atoms with Gasteiger partial charge in [-0.05, 0) is 74.5 Å². The number of halogens is 2. The van der Waals surface area contributed by atoms with Crippen molar-refractivity contribution in [3.63, 3.8) is 0 Å². The first-order valence-corrected chi connectivity index (χ1v) is 13.9. The number of aliphatic hydroxyl groups is 1. The minimum Gasteiger partial charge on any atom is -0.396 e. The number of ether oxygens (including phenoxy) is 1. The smallest absolute Gasteiger partial charge is 0.0918 e. The first-order chi connectivity index (χ1) is 17.9. The van der Waals surface area contributed by atoms with Crippen molar-refractivity contribution in [3.8, 4) is 0 Å². The van der Waals surface area contributed by atoms with Crippen LogP contribution in [0.25, 0.3) is 0 Å². The highest BCUT2D eigenvalue weighted by Crippen LogP contribution is 2.31. The van der Waals surface area contributed by atoms with E-state index in [9.17, 15) is 5.11 Å². The van der Waals surface area contributed by atoms with Crippen LogP contribution >= 0.6 is 23.2 Å². The number of nitrogens with two attached hydrogens (primary N) is 1. The summed E-state index contributed by atoms with van der Waals surface area (Å²) in [6, 6.07) is 19.8. The molecule has 0 aliphatic rings. The van der Waals surface area contributed by atoms with Crippen LogP contribution in [0.2, 0.25) is 10.0 Å². The quantitative estimate of drug-likeness (QED) is 0.149. The van der Waals surface area contributed by atoms with Gasteiger partial charge in [0, 0.05) is 31.6 Å². The van der Waals surface area contributed by atoms with Gasteiger partial charge in [0.2, 0.25) is 0 Å². The van der Waals surface area contributed by atoms with Gasteiger partial charge in [-0.3, -0.25) is 9.88 Å². The highest BCUT2D eigenvalue weighted by Gasteiger charge is 2.17. The monoisotopic (exact) mass is 543 g/mol. The molecule has 5 nitrogen and oxygen atoms in total. The number of aliphatic hydroxyl groups excluding tert-OH is 1. The van der Waals surface area contributed by atoms with E-state index in [1.165, 1.54) is 5.56 Å². The summed E-state index contributed by atoms with van der Waals surface area (Å²) in [6.07, 6.45) is 7.64. The number of nitrogens with zero attached hydrogens (tertiary/aromatic N) is 2. The van der Waals surface area contributed by atoms with E-state index in [-0.39, 0.29) is 6.10 Å².